The lowest BCUT2D eigenvalue weighted by atomic mass is 10.1. The molecule has 0 heterocycles. The van der Waals surface area contributed by atoms with Crippen LogP contribution < -0.4 is 0 Å². The van der Waals surface area contributed by atoms with E-state index in [1.165, 1.54) is 12.1 Å². The van der Waals surface area contributed by atoms with Crippen LogP contribution in [-0.4, -0.2) is 17.4 Å². The summed E-state index contributed by atoms with van der Waals surface area (Å²) >= 11 is 0. The van der Waals surface area contributed by atoms with Gasteiger partial charge in [-0.3, -0.25) is 4.79 Å². The third kappa shape index (κ3) is 4.92. The van der Waals surface area contributed by atoms with E-state index in [0.29, 0.717) is 24.2 Å². The van der Waals surface area contributed by atoms with Crippen LogP contribution in [-0.2, 0) is 6.54 Å². The van der Waals surface area contributed by atoms with Crippen LogP contribution in [0.3, 0.4) is 0 Å². The topological polar surface area (TPSA) is 44.1 Å². The second kappa shape index (κ2) is 8.83. The van der Waals surface area contributed by atoms with E-state index in [1.54, 1.807) is 41.3 Å². The molecule has 0 fully saturated rings. The zero-order chi connectivity index (χ0) is 17.4. The Balaban J connectivity index is 2.18. The molecule has 0 aliphatic rings. The highest BCUT2D eigenvalue weighted by Gasteiger charge is 2.16. The van der Waals surface area contributed by atoms with Gasteiger partial charge in [-0.1, -0.05) is 38.0 Å². The molecule has 0 aromatic heterocycles. The highest BCUT2D eigenvalue weighted by atomic mass is 19.1. The summed E-state index contributed by atoms with van der Waals surface area (Å²) in [6, 6.07) is 15.0. The summed E-state index contributed by atoms with van der Waals surface area (Å²) in [6.07, 6.45) is 3.04. The molecule has 4 heteroatoms. The van der Waals surface area contributed by atoms with Gasteiger partial charge in [0.1, 0.15) is 5.82 Å². The van der Waals surface area contributed by atoms with Crippen molar-refractivity contribution >= 4 is 5.91 Å². The first-order chi connectivity index (χ1) is 11.6. The van der Waals surface area contributed by atoms with Crippen molar-refractivity contribution in [3.05, 3.63) is 71.0 Å². The van der Waals surface area contributed by atoms with E-state index in [2.05, 4.69) is 13.0 Å². The summed E-state index contributed by atoms with van der Waals surface area (Å²) in [5, 5.41) is 9.01. The highest BCUT2D eigenvalue weighted by molar-refractivity contribution is 5.94. The molecular formula is C20H21FN2O. The van der Waals surface area contributed by atoms with E-state index >= 15 is 0 Å². The Morgan fingerprint density at radius 2 is 1.92 bits per heavy atom. The van der Waals surface area contributed by atoms with Gasteiger partial charge in [-0.05, 0) is 42.3 Å². The molecular weight excluding hydrogens is 303 g/mol. The van der Waals surface area contributed by atoms with E-state index in [1.807, 2.05) is 0 Å². The number of carbonyl (C=O) groups is 1. The number of nitrogens with zero attached hydrogens (tertiary/aromatic N) is 2. The van der Waals surface area contributed by atoms with Crippen molar-refractivity contribution in [2.45, 2.75) is 32.7 Å². The standard InChI is InChI=1S/C20H21FN2O/c1-2-3-4-12-23(15-16-8-10-19(21)11-9-16)20(24)18-7-5-6-17(13-18)14-22/h5-11,13H,2-4,12,15H2,1H3. The molecule has 2 aromatic rings. The van der Waals surface area contributed by atoms with Crippen LogP contribution in [0.25, 0.3) is 0 Å². The monoisotopic (exact) mass is 324 g/mol. The van der Waals surface area contributed by atoms with Crippen molar-refractivity contribution < 1.29 is 9.18 Å². The molecule has 0 aliphatic carbocycles. The molecule has 0 radical (unpaired) electrons. The fourth-order valence-corrected chi connectivity index (χ4v) is 2.52. The number of hydrogen-bond acceptors (Lipinski definition) is 2. The Hall–Kier alpha value is -2.67. The van der Waals surface area contributed by atoms with Crippen LogP contribution in [0.4, 0.5) is 4.39 Å². The fourth-order valence-electron chi connectivity index (χ4n) is 2.52. The lowest BCUT2D eigenvalue weighted by Gasteiger charge is -2.23. The Morgan fingerprint density at radius 1 is 1.17 bits per heavy atom. The molecule has 2 aromatic carbocycles. The van der Waals surface area contributed by atoms with E-state index in [4.69, 9.17) is 5.26 Å². The number of nitriles is 1. The minimum Gasteiger partial charge on any atom is -0.334 e. The van der Waals surface area contributed by atoms with Gasteiger partial charge in [0.25, 0.3) is 5.91 Å². The van der Waals surface area contributed by atoms with Gasteiger partial charge in [0.15, 0.2) is 0 Å². The summed E-state index contributed by atoms with van der Waals surface area (Å²) in [5.74, 6) is -0.392. The molecule has 1 amide bonds. The third-order valence-electron chi connectivity index (χ3n) is 3.84. The largest absolute Gasteiger partial charge is 0.334 e. The van der Waals surface area contributed by atoms with Crippen molar-refractivity contribution in [1.82, 2.24) is 4.90 Å². The van der Waals surface area contributed by atoms with Crippen LogP contribution in [0.2, 0.25) is 0 Å². The van der Waals surface area contributed by atoms with Gasteiger partial charge < -0.3 is 4.90 Å². The van der Waals surface area contributed by atoms with Gasteiger partial charge in [-0.2, -0.15) is 5.26 Å². The number of rotatable bonds is 7. The smallest absolute Gasteiger partial charge is 0.254 e. The van der Waals surface area contributed by atoms with E-state index in [0.717, 1.165) is 24.8 Å². The van der Waals surface area contributed by atoms with E-state index in [-0.39, 0.29) is 11.7 Å². The predicted octanol–water partition coefficient (Wildman–Crippen LogP) is 4.53. The minimum absolute atomic E-state index is 0.104. The molecule has 24 heavy (non-hydrogen) atoms. The SMILES string of the molecule is CCCCCN(Cc1ccc(F)cc1)C(=O)c1cccc(C#N)c1. The summed E-state index contributed by atoms with van der Waals surface area (Å²) in [6.45, 7) is 3.18. The second-order valence-corrected chi connectivity index (χ2v) is 5.75. The zero-order valence-electron chi connectivity index (χ0n) is 13.8. The van der Waals surface area contributed by atoms with Crippen LogP contribution in [0.1, 0.15) is 47.7 Å². The van der Waals surface area contributed by atoms with Crippen LogP contribution in [0, 0.1) is 17.1 Å². The van der Waals surface area contributed by atoms with Gasteiger partial charge in [-0.15, -0.1) is 0 Å². The van der Waals surface area contributed by atoms with Gasteiger partial charge >= 0.3 is 0 Å². The first kappa shape index (κ1) is 17.7. The van der Waals surface area contributed by atoms with Gasteiger partial charge in [0.05, 0.1) is 11.6 Å². The molecule has 0 N–H and O–H groups in total. The van der Waals surface area contributed by atoms with E-state index in [9.17, 15) is 9.18 Å². The second-order valence-electron chi connectivity index (χ2n) is 5.75. The summed E-state index contributed by atoms with van der Waals surface area (Å²) in [5.41, 5.74) is 1.86. The number of amides is 1. The Bertz CT molecular complexity index is 719. The Kier molecular flexibility index (Phi) is 6.51. The average Bonchev–Trinajstić information content (AvgIpc) is 2.62. The van der Waals surface area contributed by atoms with Crippen molar-refractivity contribution in [1.29, 1.82) is 5.26 Å². The fraction of sp³-hybridized carbons (Fsp3) is 0.300. The molecule has 0 unspecified atom stereocenters. The van der Waals surface area contributed by atoms with Crippen LogP contribution in [0.5, 0.6) is 0 Å². The predicted molar refractivity (Wildman–Crippen MR) is 91.8 cm³/mol. The summed E-state index contributed by atoms with van der Waals surface area (Å²) < 4.78 is 13.1. The molecule has 0 bridgehead atoms. The maximum atomic E-state index is 13.1. The molecule has 3 nitrogen and oxygen atoms in total. The first-order valence-electron chi connectivity index (χ1n) is 8.18. The number of hydrogen-bond donors (Lipinski definition) is 0. The number of benzene rings is 2. The number of halogens is 1. The zero-order valence-corrected chi connectivity index (χ0v) is 13.8. The van der Waals surface area contributed by atoms with E-state index < -0.39 is 0 Å². The Morgan fingerprint density at radius 3 is 2.58 bits per heavy atom. The van der Waals surface area contributed by atoms with Gasteiger partial charge in [0, 0.05) is 18.7 Å². The first-order valence-corrected chi connectivity index (χ1v) is 8.18. The summed E-state index contributed by atoms with van der Waals surface area (Å²) in [7, 11) is 0. The van der Waals surface area contributed by atoms with Crippen molar-refractivity contribution in [2.75, 3.05) is 6.54 Å². The number of carbonyl (C=O) groups excluding carboxylic acids is 1. The number of unbranched alkanes of at least 4 members (excludes halogenated alkanes) is 2. The molecule has 0 atom stereocenters. The minimum atomic E-state index is -0.288. The third-order valence-corrected chi connectivity index (χ3v) is 3.84. The highest BCUT2D eigenvalue weighted by Crippen LogP contribution is 2.14. The molecule has 0 saturated heterocycles. The lowest BCUT2D eigenvalue weighted by molar-refractivity contribution is 0.0740. The maximum Gasteiger partial charge on any atom is 0.254 e. The molecule has 0 saturated carbocycles. The molecule has 2 rings (SSSR count). The van der Waals surface area contributed by atoms with Crippen LogP contribution in [0.15, 0.2) is 48.5 Å². The lowest BCUT2D eigenvalue weighted by Crippen LogP contribution is -2.31. The van der Waals surface area contributed by atoms with Crippen molar-refractivity contribution in [3.63, 3.8) is 0 Å². The van der Waals surface area contributed by atoms with Gasteiger partial charge in [0.2, 0.25) is 0 Å². The molecule has 0 spiro atoms. The summed E-state index contributed by atoms with van der Waals surface area (Å²) in [4.78, 5) is 14.6. The maximum absolute atomic E-state index is 13.1. The molecule has 124 valence electrons. The average molecular weight is 324 g/mol. The Labute approximate surface area is 142 Å². The quantitative estimate of drug-likeness (QED) is 0.702. The van der Waals surface area contributed by atoms with Crippen LogP contribution >= 0.6 is 0 Å². The van der Waals surface area contributed by atoms with Crippen molar-refractivity contribution in [3.8, 4) is 6.07 Å². The van der Waals surface area contributed by atoms with Gasteiger partial charge in [-0.25, -0.2) is 4.39 Å². The van der Waals surface area contributed by atoms with Crippen molar-refractivity contribution in [2.24, 2.45) is 0 Å². The normalized spacial score (nSPS) is 10.2. The molecule has 0 aliphatic heterocycles.